The summed E-state index contributed by atoms with van der Waals surface area (Å²) < 4.78 is 11.2. The van der Waals surface area contributed by atoms with Crippen molar-refractivity contribution in [3.05, 3.63) is 72.3 Å². The third-order valence-electron chi connectivity index (χ3n) is 5.12. The van der Waals surface area contributed by atoms with Crippen LogP contribution in [-0.4, -0.2) is 51.9 Å². The molecule has 0 atom stereocenters. The summed E-state index contributed by atoms with van der Waals surface area (Å²) in [6, 6.07) is 18.5. The number of para-hydroxylation sites is 1. The first-order valence-corrected chi connectivity index (χ1v) is 10.4. The normalized spacial score (nSPS) is 14.8. The highest BCUT2D eigenvalue weighted by atomic mass is 16.5. The fraction of sp³-hybridized carbons (Fsp3) is 0.292. The zero-order chi connectivity index (χ0) is 22.8. The van der Waals surface area contributed by atoms with Crippen molar-refractivity contribution in [1.82, 2.24) is 10.1 Å². The molecule has 2 aromatic carbocycles. The average Bonchev–Trinajstić information content (AvgIpc) is 3.22. The van der Waals surface area contributed by atoms with Crippen LogP contribution in [-0.2, 0) is 16.1 Å². The lowest BCUT2D eigenvalue weighted by Crippen LogP contribution is -2.35. The summed E-state index contributed by atoms with van der Waals surface area (Å²) in [5.74, 6) is -1.30. The molecule has 1 fully saturated rings. The SMILES string of the molecule is O=C(O)/C=C/C(=O)O.c1ccc(CN2CCC(COc3noc4ccccc34)CC2)cc1. The number of piperidine rings is 1. The molecule has 0 radical (unpaired) electrons. The minimum atomic E-state index is -1.26. The predicted octanol–water partition coefficient (Wildman–Crippen LogP) is 3.83. The number of carbonyl (C=O) groups is 2. The molecule has 1 aromatic heterocycles. The molecule has 168 valence electrons. The van der Waals surface area contributed by atoms with Gasteiger partial charge in [-0.3, -0.25) is 4.90 Å². The third-order valence-corrected chi connectivity index (χ3v) is 5.12. The zero-order valence-electron chi connectivity index (χ0n) is 17.6. The molecule has 2 heterocycles. The molecule has 1 saturated heterocycles. The van der Waals surface area contributed by atoms with Crippen LogP contribution in [0.3, 0.4) is 0 Å². The maximum Gasteiger partial charge on any atom is 0.328 e. The van der Waals surface area contributed by atoms with Gasteiger partial charge in [-0.05, 0) is 54.7 Å². The third kappa shape index (κ3) is 7.24. The zero-order valence-corrected chi connectivity index (χ0v) is 17.6. The van der Waals surface area contributed by atoms with Gasteiger partial charge in [-0.1, -0.05) is 42.5 Å². The van der Waals surface area contributed by atoms with E-state index in [1.165, 1.54) is 18.4 Å². The van der Waals surface area contributed by atoms with Crippen molar-refractivity contribution in [2.75, 3.05) is 19.7 Å². The first-order chi connectivity index (χ1) is 15.5. The van der Waals surface area contributed by atoms with Crippen LogP contribution < -0.4 is 4.74 Å². The lowest BCUT2D eigenvalue weighted by atomic mass is 9.97. The molecular formula is C24H26N2O6. The topological polar surface area (TPSA) is 113 Å². The highest BCUT2D eigenvalue weighted by Gasteiger charge is 2.20. The van der Waals surface area contributed by atoms with Crippen molar-refractivity contribution in [2.24, 2.45) is 5.92 Å². The Bertz CT molecular complexity index is 1020. The van der Waals surface area contributed by atoms with Gasteiger partial charge in [0.1, 0.15) is 0 Å². The molecule has 8 nitrogen and oxygen atoms in total. The molecule has 0 bridgehead atoms. The molecule has 0 spiro atoms. The summed E-state index contributed by atoms with van der Waals surface area (Å²) in [6.45, 7) is 4.02. The van der Waals surface area contributed by atoms with Gasteiger partial charge in [0.25, 0.3) is 5.88 Å². The molecular weight excluding hydrogens is 412 g/mol. The van der Waals surface area contributed by atoms with E-state index < -0.39 is 11.9 Å². The fourth-order valence-electron chi connectivity index (χ4n) is 3.46. The summed E-state index contributed by atoms with van der Waals surface area (Å²) in [5, 5.41) is 20.6. The Morgan fingerprint density at radius 2 is 1.62 bits per heavy atom. The van der Waals surface area contributed by atoms with Gasteiger partial charge in [0, 0.05) is 18.7 Å². The second-order valence-electron chi connectivity index (χ2n) is 7.51. The summed E-state index contributed by atoms with van der Waals surface area (Å²) >= 11 is 0. The Morgan fingerprint density at radius 3 is 2.28 bits per heavy atom. The standard InChI is InChI=1S/C20H22N2O2.C4H4O4/c1-2-6-16(7-3-1)14-22-12-10-17(11-13-22)15-23-20-18-8-4-5-9-19(18)24-21-20;5-3(6)1-2-4(7)8/h1-9,17H,10-15H2;1-2H,(H,5,6)(H,7,8)/b;2-1+. The van der Waals surface area contributed by atoms with Crippen LogP contribution in [0.5, 0.6) is 5.88 Å². The lowest BCUT2D eigenvalue weighted by Gasteiger charge is -2.31. The number of aliphatic carboxylic acids is 2. The Morgan fingerprint density at radius 1 is 1.00 bits per heavy atom. The highest BCUT2D eigenvalue weighted by Crippen LogP contribution is 2.26. The van der Waals surface area contributed by atoms with Crippen molar-refractivity contribution in [3.8, 4) is 5.88 Å². The molecule has 0 saturated carbocycles. The van der Waals surface area contributed by atoms with Gasteiger partial charge in [-0.15, -0.1) is 0 Å². The second-order valence-corrected chi connectivity index (χ2v) is 7.51. The number of likely N-dealkylation sites (tertiary alicyclic amines) is 1. The lowest BCUT2D eigenvalue weighted by molar-refractivity contribution is -0.134. The van der Waals surface area contributed by atoms with E-state index in [9.17, 15) is 9.59 Å². The summed E-state index contributed by atoms with van der Waals surface area (Å²) in [5.41, 5.74) is 2.17. The van der Waals surface area contributed by atoms with Crippen LogP contribution in [0.15, 0.2) is 71.3 Å². The largest absolute Gasteiger partial charge is 0.478 e. The van der Waals surface area contributed by atoms with E-state index in [1.54, 1.807) is 0 Å². The van der Waals surface area contributed by atoms with Crippen LogP contribution in [0.1, 0.15) is 18.4 Å². The number of rotatable bonds is 7. The van der Waals surface area contributed by atoms with E-state index in [2.05, 4.69) is 40.4 Å². The minimum Gasteiger partial charge on any atom is -0.478 e. The van der Waals surface area contributed by atoms with E-state index in [1.807, 2.05) is 24.3 Å². The molecule has 0 amide bonds. The highest BCUT2D eigenvalue weighted by molar-refractivity contribution is 5.89. The molecule has 2 N–H and O–H groups in total. The van der Waals surface area contributed by atoms with Gasteiger partial charge in [0.15, 0.2) is 5.58 Å². The number of aromatic nitrogens is 1. The van der Waals surface area contributed by atoms with Gasteiger partial charge in [0.05, 0.1) is 12.0 Å². The molecule has 1 aliphatic heterocycles. The molecule has 32 heavy (non-hydrogen) atoms. The van der Waals surface area contributed by atoms with Gasteiger partial charge in [-0.25, -0.2) is 9.59 Å². The summed E-state index contributed by atoms with van der Waals surface area (Å²) in [7, 11) is 0. The smallest absolute Gasteiger partial charge is 0.328 e. The van der Waals surface area contributed by atoms with E-state index in [4.69, 9.17) is 19.5 Å². The van der Waals surface area contributed by atoms with Crippen LogP contribution in [0.4, 0.5) is 0 Å². The Labute approximate surface area is 185 Å². The van der Waals surface area contributed by atoms with Gasteiger partial charge in [0.2, 0.25) is 0 Å². The molecule has 1 aliphatic rings. The quantitative estimate of drug-likeness (QED) is 0.535. The van der Waals surface area contributed by atoms with E-state index >= 15 is 0 Å². The first-order valence-electron chi connectivity index (χ1n) is 10.4. The number of carboxylic acid groups (broad SMARTS) is 2. The number of hydrogen-bond donors (Lipinski definition) is 2. The maximum absolute atomic E-state index is 9.55. The molecule has 8 heteroatoms. The monoisotopic (exact) mass is 438 g/mol. The number of benzene rings is 2. The first kappa shape index (κ1) is 23.0. The number of hydrogen-bond acceptors (Lipinski definition) is 6. The predicted molar refractivity (Wildman–Crippen MR) is 118 cm³/mol. The Hall–Kier alpha value is -3.65. The van der Waals surface area contributed by atoms with Gasteiger partial charge in [-0.2, -0.15) is 0 Å². The Balaban J connectivity index is 0.000000312. The van der Waals surface area contributed by atoms with Crippen molar-refractivity contribution in [2.45, 2.75) is 19.4 Å². The maximum atomic E-state index is 9.55. The van der Waals surface area contributed by atoms with Crippen LogP contribution >= 0.6 is 0 Å². The number of fused-ring (bicyclic) bond motifs is 1. The molecule has 4 rings (SSSR count). The van der Waals surface area contributed by atoms with Crippen LogP contribution in [0, 0.1) is 5.92 Å². The van der Waals surface area contributed by atoms with Crippen molar-refractivity contribution in [1.29, 1.82) is 0 Å². The number of nitrogens with zero attached hydrogens (tertiary/aromatic N) is 2. The molecule has 0 unspecified atom stereocenters. The van der Waals surface area contributed by atoms with E-state index in [0.29, 0.717) is 23.9 Å². The number of ether oxygens (including phenoxy) is 1. The molecule has 0 aliphatic carbocycles. The summed E-state index contributed by atoms with van der Waals surface area (Å²) in [6.07, 6.45) is 3.45. The van der Waals surface area contributed by atoms with Gasteiger partial charge >= 0.3 is 11.9 Å². The fourth-order valence-corrected chi connectivity index (χ4v) is 3.46. The van der Waals surface area contributed by atoms with E-state index in [-0.39, 0.29) is 0 Å². The second kappa shape index (κ2) is 11.7. The number of carboxylic acids is 2. The molecule has 3 aromatic rings. The van der Waals surface area contributed by atoms with Crippen LogP contribution in [0.2, 0.25) is 0 Å². The van der Waals surface area contributed by atoms with Gasteiger partial charge < -0.3 is 19.5 Å². The minimum absolute atomic E-state index is 0.558. The Kier molecular flexibility index (Phi) is 8.39. The van der Waals surface area contributed by atoms with Crippen molar-refractivity contribution >= 4 is 22.9 Å². The van der Waals surface area contributed by atoms with E-state index in [0.717, 1.165) is 37.2 Å². The van der Waals surface area contributed by atoms with Crippen molar-refractivity contribution in [3.63, 3.8) is 0 Å². The summed E-state index contributed by atoms with van der Waals surface area (Å²) in [4.78, 5) is 21.6. The average molecular weight is 438 g/mol. The van der Waals surface area contributed by atoms with Crippen molar-refractivity contribution < 1.29 is 29.1 Å². The van der Waals surface area contributed by atoms with Crippen LogP contribution in [0.25, 0.3) is 11.0 Å².